The van der Waals surface area contributed by atoms with Gasteiger partial charge in [0.25, 0.3) is 0 Å². The average Bonchev–Trinajstić information content (AvgIpc) is 2.71. The second kappa shape index (κ2) is 9.62. The van der Waals surface area contributed by atoms with Gasteiger partial charge in [0.2, 0.25) is 15.9 Å². The van der Waals surface area contributed by atoms with Crippen molar-refractivity contribution in [1.29, 1.82) is 0 Å². The highest BCUT2D eigenvalue weighted by Crippen LogP contribution is 2.24. The van der Waals surface area contributed by atoms with Crippen molar-refractivity contribution in [2.45, 2.75) is 45.5 Å². The molecule has 1 heterocycles. The zero-order valence-corrected chi connectivity index (χ0v) is 18.6. The Bertz CT molecular complexity index is 946. The summed E-state index contributed by atoms with van der Waals surface area (Å²) in [4.78, 5) is 12.6. The Morgan fingerprint density at radius 1 is 1.07 bits per heavy atom. The number of hydrogen-bond donors (Lipinski definition) is 1. The molecule has 30 heavy (non-hydrogen) atoms. The van der Waals surface area contributed by atoms with E-state index in [0.717, 1.165) is 16.9 Å². The molecule has 0 radical (unpaired) electrons. The predicted molar refractivity (Wildman–Crippen MR) is 119 cm³/mol. The Kier molecular flexibility index (Phi) is 7.15. The van der Waals surface area contributed by atoms with Crippen molar-refractivity contribution in [3.8, 4) is 5.75 Å². The van der Waals surface area contributed by atoms with Crippen molar-refractivity contribution in [3.63, 3.8) is 0 Å². The summed E-state index contributed by atoms with van der Waals surface area (Å²) >= 11 is 0. The smallest absolute Gasteiger partial charge is 0.227 e. The fourth-order valence-electron chi connectivity index (χ4n) is 3.52. The topological polar surface area (TPSA) is 75.7 Å². The van der Waals surface area contributed by atoms with Crippen LogP contribution in [-0.2, 0) is 20.6 Å². The maximum Gasteiger partial charge on any atom is 0.227 e. The molecule has 0 aromatic heterocycles. The van der Waals surface area contributed by atoms with Crippen LogP contribution in [0, 0.1) is 12.8 Å². The summed E-state index contributed by atoms with van der Waals surface area (Å²) in [5.74, 6) is 0.496. The molecule has 1 saturated heterocycles. The van der Waals surface area contributed by atoms with E-state index in [-0.39, 0.29) is 23.7 Å². The van der Waals surface area contributed by atoms with Gasteiger partial charge in [-0.05, 0) is 63.4 Å². The maximum atomic E-state index is 12.7. The highest BCUT2D eigenvalue weighted by atomic mass is 32.2. The van der Waals surface area contributed by atoms with Crippen LogP contribution in [0.5, 0.6) is 5.75 Å². The number of aryl methyl sites for hydroxylation is 1. The second-order valence-electron chi connectivity index (χ2n) is 8.10. The van der Waals surface area contributed by atoms with Gasteiger partial charge in [-0.2, -0.15) is 0 Å². The summed E-state index contributed by atoms with van der Waals surface area (Å²) in [5, 5.41) is 2.93. The van der Waals surface area contributed by atoms with Gasteiger partial charge in [-0.15, -0.1) is 0 Å². The molecule has 1 fully saturated rings. The van der Waals surface area contributed by atoms with E-state index in [1.165, 1.54) is 4.31 Å². The fraction of sp³-hybridized carbons (Fsp3) is 0.435. The molecule has 6 nitrogen and oxygen atoms in total. The number of anilines is 1. The molecule has 162 valence electrons. The minimum atomic E-state index is -3.38. The van der Waals surface area contributed by atoms with Crippen LogP contribution in [0.3, 0.4) is 0 Å². The normalized spacial score (nSPS) is 15.9. The van der Waals surface area contributed by atoms with Gasteiger partial charge in [-0.3, -0.25) is 4.79 Å². The number of carbonyl (C=O) groups excluding carboxylic acids is 1. The molecule has 1 aliphatic rings. The second-order valence-corrected chi connectivity index (χ2v) is 10.1. The summed E-state index contributed by atoms with van der Waals surface area (Å²) in [6.07, 6.45) is 1.14. The number of nitrogens with one attached hydrogen (secondary N) is 1. The molecule has 3 rings (SSSR count). The predicted octanol–water partition coefficient (Wildman–Crippen LogP) is 3.96. The molecule has 1 aliphatic heterocycles. The summed E-state index contributed by atoms with van der Waals surface area (Å²) in [6, 6.07) is 14.8. The van der Waals surface area contributed by atoms with Gasteiger partial charge >= 0.3 is 0 Å². The van der Waals surface area contributed by atoms with Gasteiger partial charge in [-0.25, -0.2) is 12.7 Å². The summed E-state index contributed by atoms with van der Waals surface area (Å²) < 4.78 is 32.6. The lowest BCUT2D eigenvalue weighted by Crippen LogP contribution is -2.41. The minimum Gasteiger partial charge on any atom is -0.491 e. The molecule has 7 heteroatoms. The van der Waals surface area contributed by atoms with Crippen LogP contribution in [0.25, 0.3) is 0 Å². The van der Waals surface area contributed by atoms with E-state index in [0.29, 0.717) is 31.6 Å². The highest BCUT2D eigenvalue weighted by Gasteiger charge is 2.31. The first kappa shape index (κ1) is 22.3. The van der Waals surface area contributed by atoms with Crippen LogP contribution in [0.4, 0.5) is 5.69 Å². The first-order chi connectivity index (χ1) is 14.2. The van der Waals surface area contributed by atoms with Crippen molar-refractivity contribution in [3.05, 3.63) is 59.7 Å². The molecule has 0 unspecified atom stereocenters. The van der Waals surface area contributed by atoms with Crippen LogP contribution < -0.4 is 10.1 Å². The molecule has 1 N–H and O–H groups in total. The minimum absolute atomic E-state index is 0.00502. The van der Waals surface area contributed by atoms with Gasteiger partial charge in [0.15, 0.2) is 0 Å². The Morgan fingerprint density at radius 3 is 2.23 bits per heavy atom. The van der Waals surface area contributed by atoms with E-state index >= 15 is 0 Å². The SMILES string of the molecule is Cc1ccc(CS(=O)(=O)N2CCC(C(=O)Nc3ccc(OC(C)C)cc3)CC2)cc1. The number of piperidine rings is 1. The molecule has 0 atom stereocenters. The lowest BCUT2D eigenvalue weighted by molar-refractivity contribution is -0.120. The number of sulfonamides is 1. The Morgan fingerprint density at radius 2 is 1.67 bits per heavy atom. The fourth-order valence-corrected chi connectivity index (χ4v) is 5.08. The molecule has 0 saturated carbocycles. The number of amides is 1. The summed E-state index contributed by atoms with van der Waals surface area (Å²) in [5.41, 5.74) is 2.60. The third kappa shape index (κ3) is 6.06. The summed E-state index contributed by atoms with van der Waals surface area (Å²) in [6.45, 7) is 6.63. The van der Waals surface area contributed by atoms with Gasteiger partial charge in [0, 0.05) is 24.7 Å². The quantitative estimate of drug-likeness (QED) is 0.721. The Labute approximate surface area is 179 Å². The number of benzene rings is 2. The molecule has 0 spiro atoms. The van der Waals surface area contributed by atoms with E-state index in [9.17, 15) is 13.2 Å². The van der Waals surface area contributed by atoms with Crippen LogP contribution in [0.15, 0.2) is 48.5 Å². The number of rotatable bonds is 7. The highest BCUT2D eigenvalue weighted by molar-refractivity contribution is 7.88. The third-order valence-electron chi connectivity index (χ3n) is 5.18. The monoisotopic (exact) mass is 430 g/mol. The Hall–Kier alpha value is -2.38. The van der Waals surface area contributed by atoms with Gasteiger partial charge < -0.3 is 10.1 Å². The van der Waals surface area contributed by atoms with E-state index in [4.69, 9.17) is 4.74 Å². The maximum absolute atomic E-state index is 12.7. The van der Waals surface area contributed by atoms with Crippen molar-refractivity contribution >= 4 is 21.6 Å². The van der Waals surface area contributed by atoms with E-state index in [1.54, 1.807) is 0 Å². The van der Waals surface area contributed by atoms with Crippen LogP contribution in [-0.4, -0.2) is 37.8 Å². The van der Waals surface area contributed by atoms with Crippen molar-refractivity contribution in [2.24, 2.45) is 5.92 Å². The molecular weight excluding hydrogens is 400 g/mol. The lowest BCUT2D eigenvalue weighted by atomic mass is 9.97. The van der Waals surface area contributed by atoms with E-state index in [2.05, 4.69) is 5.32 Å². The molecule has 0 bridgehead atoms. The molecule has 0 aliphatic carbocycles. The van der Waals surface area contributed by atoms with Gasteiger partial charge in [-0.1, -0.05) is 29.8 Å². The zero-order chi connectivity index (χ0) is 21.7. The molecule has 2 aromatic rings. The third-order valence-corrected chi connectivity index (χ3v) is 7.03. The average molecular weight is 431 g/mol. The standard InChI is InChI=1S/C23H30N2O4S/c1-17(2)29-22-10-8-21(9-11-22)24-23(26)20-12-14-25(15-13-20)30(27,28)16-19-6-4-18(3)5-7-19/h4-11,17,20H,12-16H2,1-3H3,(H,24,26). The summed E-state index contributed by atoms with van der Waals surface area (Å²) in [7, 11) is -3.38. The number of ether oxygens (including phenoxy) is 1. The van der Waals surface area contributed by atoms with Crippen molar-refractivity contribution in [1.82, 2.24) is 4.31 Å². The van der Waals surface area contributed by atoms with Crippen LogP contribution >= 0.6 is 0 Å². The van der Waals surface area contributed by atoms with Crippen LogP contribution in [0.2, 0.25) is 0 Å². The largest absolute Gasteiger partial charge is 0.491 e. The number of nitrogens with zero attached hydrogens (tertiary/aromatic N) is 1. The van der Waals surface area contributed by atoms with Crippen LogP contribution in [0.1, 0.15) is 37.8 Å². The molecule has 1 amide bonds. The zero-order valence-electron chi connectivity index (χ0n) is 17.8. The molecular formula is C23H30N2O4S. The molecule has 2 aromatic carbocycles. The Balaban J connectivity index is 1.51. The number of hydrogen-bond acceptors (Lipinski definition) is 4. The first-order valence-corrected chi connectivity index (χ1v) is 11.9. The lowest BCUT2D eigenvalue weighted by Gasteiger charge is -2.30. The van der Waals surface area contributed by atoms with Gasteiger partial charge in [0.1, 0.15) is 5.75 Å². The van der Waals surface area contributed by atoms with Gasteiger partial charge in [0.05, 0.1) is 11.9 Å². The van der Waals surface area contributed by atoms with E-state index in [1.807, 2.05) is 69.3 Å². The van der Waals surface area contributed by atoms with E-state index < -0.39 is 10.0 Å². The number of carbonyl (C=O) groups is 1. The van der Waals surface area contributed by atoms with Crippen molar-refractivity contribution < 1.29 is 17.9 Å². The first-order valence-electron chi connectivity index (χ1n) is 10.3. The van der Waals surface area contributed by atoms with Crippen molar-refractivity contribution in [2.75, 3.05) is 18.4 Å².